The molecule has 2 fully saturated rings. The van der Waals surface area contributed by atoms with Gasteiger partial charge in [0.05, 0.1) is 17.5 Å². The summed E-state index contributed by atoms with van der Waals surface area (Å²) in [6.45, 7) is 1.46. The fraction of sp³-hybridized carbons (Fsp3) is 0.200. The summed E-state index contributed by atoms with van der Waals surface area (Å²) in [5, 5.41) is 7.47. The van der Waals surface area contributed by atoms with Crippen LogP contribution in [0, 0.1) is 11.8 Å². The molecule has 3 amide bonds. The van der Waals surface area contributed by atoms with Gasteiger partial charge in [0, 0.05) is 40.0 Å². The predicted octanol–water partition coefficient (Wildman–Crippen LogP) is 3.54. The number of nitrogens with zero attached hydrogens (tertiary/aromatic N) is 1. The number of carbonyl (C=O) groups excluding carboxylic acids is 4. The highest BCUT2D eigenvalue weighted by molar-refractivity contribution is 6.26. The maximum atomic E-state index is 14.1. The number of ketones is 1. The van der Waals surface area contributed by atoms with Gasteiger partial charge >= 0.3 is 0 Å². The van der Waals surface area contributed by atoms with Crippen LogP contribution in [0.2, 0.25) is 0 Å². The van der Waals surface area contributed by atoms with Crippen LogP contribution < -0.4 is 15.5 Å². The first-order valence-corrected chi connectivity index (χ1v) is 12.6. The number of Topliss-reactive ketones (excluding diaryl/α,β-unsaturated/α-hetero) is 1. The van der Waals surface area contributed by atoms with Crippen LogP contribution in [0.5, 0.6) is 0 Å². The highest BCUT2D eigenvalue weighted by Gasteiger charge is 2.70. The summed E-state index contributed by atoms with van der Waals surface area (Å²) < 4.78 is 0. The van der Waals surface area contributed by atoms with Gasteiger partial charge in [-0.3, -0.25) is 24.5 Å². The third-order valence-corrected chi connectivity index (χ3v) is 8.27. The number of benzene rings is 3. The molecular weight excluding hydrogens is 480 g/mol. The zero-order valence-electron chi connectivity index (χ0n) is 20.5. The smallest absolute Gasteiger partial charge is 0.250 e. The number of para-hydroxylation sites is 2. The second-order valence-electron chi connectivity index (χ2n) is 10.2. The number of hydrogen-bond acceptors (Lipinski definition) is 5. The van der Waals surface area contributed by atoms with E-state index in [0.717, 1.165) is 16.5 Å². The summed E-state index contributed by atoms with van der Waals surface area (Å²) in [5.41, 5.74) is 2.83. The summed E-state index contributed by atoms with van der Waals surface area (Å²) >= 11 is 0. The molecule has 3 N–H and O–H groups in total. The van der Waals surface area contributed by atoms with Crippen LogP contribution in [0.25, 0.3) is 10.9 Å². The molecule has 0 aliphatic carbocycles. The lowest BCUT2D eigenvalue weighted by atomic mass is 9.76. The molecule has 0 radical (unpaired) electrons. The van der Waals surface area contributed by atoms with Crippen molar-refractivity contribution in [2.75, 3.05) is 10.2 Å². The molecule has 7 rings (SSSR count). The lowest BCUT2D eigenvalue weighted by Gasteiger charge is -2.29. The molecule has 4 heterocycles. The van der Waals surface area contributed by atoms with E-state index in [1.54, 1.807) is 24.3 Å². The van der Waals surface area contributed by atoms with E-state index in [9.17, 15) is 19.2 Å². The van der Waals surface area contributed by atoms with Gasteiger partial charge in [-0.2, -0.15) is 0 Å². The normalized spacial score (nSPS) is 25.8. The van der Waals surface area contributed by atoms with Crippen LogP contribution in [-0.2, 0) is 26.3 Å². The minimum Gasteiger partial charge on any atom is -0.361 e. The van der Waals surface area contributed by atoms with E-state index < -0.39 is 29.3 Å². The first-order chi connectivity index (χ1) is 18.4. The highest BCUT2D eigenvalue weighted by Crippen LogP contribution is 2.54. The van der Waals surface area contributed by atoms with Gasteiger partial charge in [-0.15, -0.1) is 0 Å². The average Bonchev–Trinajstić information content (AvgIpc) is 3.63. The minimum atomic E-state index is -1.36. The molecule has 188 valence electrons. The number of rotatable bonds is 4. The van der Waals surface area contributed by atoms with Gasteiger partial charge in [0.15, 0.2) is 5.78 Å². The second kappa shape index (κ2) is 7.97. The number of imide groups is 1. The van der Waals surface area contributed by atoms with Crippen LogP contribution >= 0.6 is 0 Å². The number of aromatic amines is 1. The van der Waals surface area contributed by atoms with Crippen molar-refractivity contribution < 1.29 is 19.2 Å². The molecule has 3 aromatic carbocycles. The van der Waals surface area contributed by atoms with Gasteiger partial charge in [0.25, 0.3) is 0 Å². The monoisotopic (exact) mass is 504 g/mol. The fourth-order valence-electron chi connectivity index (χ4n) is 6.57. The Morgan fingerprint density at radius 2 is 1.66 bits per heavy atom. The molecule has 38 heavy (non-hydrogen) atoms. The van der Waals surface area contributed by atoms with Crippen molar-refractivity contribution in [3.8, 4) is 0 Å². The Morgan fingerprint density at radius 3 is 2.45 bits per heavy atom. The number of hydrogen-bond donors (Lipinski definition) is 3. The van der Waals surface area contributed by atoms with Crippen molar-refractivity contribution in [2.24, 2.45) is 11.8 Å². The molecule has 3 aliphatic heterocycles. The molecule has 4 atom stereocenters. The van der Waals surface area contributed by atoms with Gasteiger partial charge in [-0.1, -0.05) is 36.4 Å². The number of carbonyl (C=O) groups is 4. The van der Waals surface area contributed by atoms with Gasteiger partial charge in [0.1, 0.15) is 5.54 Å². The lowest BCUT2D eigenvalue weighted by molar-refractivity contribution is -0.130. The van der Waals surface area contributed by atoms with Crippen molar-refractivity contribution >= 4 is 45.8 Å². The summed E-state index contributed by atoms with van der Waals surface area (Å²) in [4.78, 5) is 58.1. The highest BCUT2D eigenvalue weighted by atomic mass is 16.2. The molecule has 4 aromatic rings. The molecule has 3 aliphatic rings. The largest absolute Gasteiger partial charge is 0.361 e. The van der Waals surface area contributed by atoms with Gasteiger partial charge in [0.2, 0.25) is 17.7 Å². The molecular formula is C30H24N4O4. The van der Waals surface area contributed by atoms with E-state index in [2.05, 4.69) is 15.6 Å². The number of aromatic nitrogens is 1. The van der Waals surface area contributed by atoms with E-state index in [0.29, 0.717) is 28.9 Å². The molecule has 8 nitrogen and oxygen atoms in total. The Hall–Kier alpha value is -4.56. The van der Waals surface area contributed by atoms with Gasteiger partial charge in [-0.05, 0) is 55.3 Å². The van der Waals surface area contributed by atoms with Crippen molar-refractivity contribution in [1.82, 2.24) is 10.3 Å². The fourth-order valence-corrected chi connectivity index (χ4v) is 6.57. The summed E-state index contributed by atoms with van der Waals surface area (Å²) in [6, 6.07) is 21.2. The number of anilines is 2. The van der Waals surface area contributed by atoms with Gasteiger partial charge in [-0.25, -0.2) is 4.90 Å². The van der Waals surface area contributed by atoms with Crippen molar-refractivity contribution in [3.63, 3.8) is 0 Å². The van der Waals surface area contributed by atoms with Crippen LogP contribution in [0.15, 0.2) is 79.0 Å². The van der Waals surface area contributed by atoms with Crippen LogP contribution in [0.4, 0.5) is 11.4 Å². The Morgan fingerprint density at radius 1 is 0.921 bits per heavy atom. The maximum Gasteiger partial charge on any atom is 0.250 e. The molecule has 8 heteroatoms. The van der Waals surface area contributed by atoms with E-state index in [1.165, 1.54) is 11.8 Å². The summed E-state index contributed by atoms with van der Waals surface area (Å²) in [7, 11) is 0. The Labute approximate surface area is 218 Å². The molecule has 1 spiro atoms. The van der Waals surface area contributed by atoms with Gasteiger partial charge < -0.3 is 10.3 Å². The summed E-state index contributed by atoms with van der Waals surface area (Å²) in [6.07, 6.45) is 2.38. The van der Waals surface area contributed by atoms with E-state index >= 15 is 0 Å². The van der Waals surface area contributed by atoms with Crippen LogP contribution in [-0.4, -0.2) is 34.5 Å². The Balaban J connectivity index is 1.35. The number of nitrogens with one attached hydrogen (secondary N) is 3. The first kappa shape index (κ1) is 22.6. The SMILES string of the molecule is CC(=O)c1ccc(N2C(=O)C3C(Cc4c[nH]c5ccccc45)NC4(C(=O)Nc5ccccc54)C3C2=O)cc1. The lowest BCUT2D eigenvalue weighted by Crippen LogP contribution is -2.53. The molecule has 1 aromatic heterocycles. The van der Waals surface area contributed by atoms with E-state index in [-0.39, 0.29) is 17.6 Å². The third kappa shape index (κ3) is 2.95. The Bertz CT molecular complexity index is 1670. The maximum absolute atomic E-state index is 14.1. The van der Waals surface area contributed by atoms with Crippen molar-refractivity contribution in [1.29, 1.82) is 0 Å². The zero-order valence-corrected chi connectivity index (χ0v) is 20.5. The number of fused-ring (bicyclic) bond motifs is 5. The van der Waals surface area contributed by atoms with E-state index in [1.807, 2.05) is 54.7 Å². The quantitative estimate of drug-likeness (QED) is 0.291. The molecule has 0 bridgehead atoms. The van der Waals surface area contributed by atoms with Crippen LogP contribution in [0.3, 0.4) is 0 Å². The standard InChI is InChI=1S/C30H24N4O4/c1-16(35)17-10-12-19(13-11-17)34-27(36)25-24(14-18-15-31-22-8-4-2-6-20(18)22)33-30(26(25)28(34)37)21-7-3-5-9-23(21)32-29(30)38/h2-13,15,24-26,31,33H,14H2,1H3,(H,32,38). The molecule has 2 saturated heterocycles. The topological polar surface area (TPSA) is 111 Å². The number of H-pyrrole nitrogens is 1. The zero-order chi connectivity index (χ0) is 26.2. The van der Waals surface area contributed by atoms with Crippen LogP contribution in [0.1, 0.15) is 28.4 Å². The number of amides is 3. The second-order valence-corrected chi connectivity index (χ2v) is 10.2. The molecule has 4 unspecified atom stereocenters. The van der Waals surface area contributed by atoms with E-state index in [4.69, 9.17) is 0 Å². The molecule has 0 saturated carbocycles. The van der Waals surface area contributed by atoms with Crippen molar-refractivity contribution in [3.05, 3.63) is 95.7 Å². The van der Waals surface area contributed by atoms with Crippen molar-refractivity contribution in [2.45, 2.75) is 24.9 Å². The summed E-state index contributed by atoms with van der Waals surface area (Å²) in [5.74, 6) is -2.86. The minimum absolute atomic E-state index is 0.103. The Kier molecular flexibility index (Phi) is 4.74. The first-order valence-electron chi connectivity index (χ1n) is 12.6. The average molecular weight is 505 g/mol. The third-order valence-electron chi connectivity index (χ3n) is 8.27. The predicted molar refractivity (Wildman–Crippen MR) is 142 cm³/mol.